The third-order valence-corrected chi connectivity index (χ3v) is 7.81. The van der Waals surface area contributed by atoms with E-state index in [1.54, 1.807) is 4.90 Å². The SMILES string of the molecule is Cc1nc(N2C[C@H]3C[C@@H]2CO3)cc(-n2ncc3cc(C)c([C@H]4CCN(C(=O)OC(C)(C)C)C[C@H]4O)cc32)n1. The van der Waals surface area contributed by atoms with Crippen molar-refractivity contribution < 1.29 is 19.4 Å². The minimum atomic E-state index is -0.690. The standard InChI is InChI=1S/C28H36N6O4/c1-16-8-18-12-29-34(26-11-25(30-17(2)31-26)33-13-20-9-19(33)15-37-20)23(18)10-22(16)21-6-7-32(14-24(21)35)27(36)38-28(3,4)5/h8,10-12,19-21,24,35H,6-7,9,13-15H2,1-5H3/t19-,20-,21-,24-/m1/s1. The van der Waals surface area contributed by atoms with Crippen LogP contribution in [-0.4, -0.2) is 85.9 Å². The first-order valence-corrected chi connectivity index (χ1v) is 13.4. The summed E-state index contributed by atoms with van der Waals surface area (Å²) >= 11 is 0. The van der Waals surface area contributed by atoms with Crippen molar-refractivity contribution in [1.82, 2.24) is 24.6 Å². The van der Waals surface area contributed by atoms with Crippen molar-refractivity contribution in [3.05, 3.63) is 41.3 Å². The molecule has 0 unspecified atom stereocenters. The van der Waals surface area contributed by atoms with Crippen LogP contribution < -0.4 is 4.90 Å². The summed E-state index contributed by atoms with van der Waals surface area (Å²) in [5.41, 5.74) is 2.53. The summed E-state index contributed by atoms with van der Waals surface area (Å²) in [7, 11) is 0. The number of rotatable bonds is 3. The number of likely N-dealkylation sites (tertiary alicyclic amines) is 1. The average molecular weight is 521 g/mol. The Labute approximate surface area is 222 Å². The van der Waals surface area contributed by atoms with E-state index in [4.69, 9.17) is 19.4 Å². The Morgan fingerprint density at radius 2 is 1.92 bits per heavy atom. The van der Waals surface area contributed by atoms with Gasteiger partial charge in [-0.2, -0.15) is 5.10 Å². The van der Waals surface area contributed by atoms with Crippen LogP contribution in [0.4, 0.5) is 10.6 Å². The predicted molar refractivity (Wildman–Crippen MR) is 143 cm³/mol. The Morgan fingerprint density at radius 1 is 1.13 bits per heavy atom. The molecule has 3 saturated heterocycles. The van der Waals surface area contributed by atoms with Gasteiger partial charge in [0, 0.05) is 30.5 Å². The number of ether oxygens (including phenoxy) is 2. The van der Waals surface area contributed by atoms with Gasteiger partial charge in [0.2, 0.25) is 0 Å². The second kappa shape index (κ2) is 9.20. The number of amides is 1. The zero-order valence-corrected chi connectivity index (χ0v) is 22.7. The van der Waals surface area contributed by atoms with Gasteiger partial charge in [-0.25, -0.2) is 19.4 Å². The van der Waals surface area contributed by atoms with Gasteiger partial charge in [0.15, 0.2) is 5.82 Å². The maximum Gasteiger partial charge on any atom is 0.410 e. The molecule has 2 aromatic heterocycles. The molecule has 5 heterocycles. The largest absolute Gasteiger partial charge is 0.444 e. The number of fused-ring (bicyclic) bond motifs is 3. The fraction of sp³-hybridized carbons (Fsp3) is 0.571. The van der Waals surface area contributed by atoms with Crippen molar-refractivity contribution in [3.63, 3.8) is 0 Å². The van der Waals surface area contributed by atoms with Crippen molar-refractivity contribution in [3.8, 4) is 5.82 Å². The van der Waals surface area contributed by atoms with Crippen LogP contribution in [0.2, 0.25) is 0 Å². The highest BCUT2D eigenvalue weighted by molar-refractivity contribution is 5.82. The summed E-state index contributed by atoms with van der Waals surface area (Å²) < 4.78 is 13.2. The van der Waals surface area contributed by atoms with Gasteiger partial charge in [-0.3, -0.25) is 0 Å². The maximum atomic E-state index is 12.6. The molecule has 10 nitrogen and oxygen atoms in total. The second-order valence-corrected chi connectivity index (χ2v) is 11.8. The molecule has 0 spiro atoms. The number of hydrogen-bond donors (Lipinski definition) is 1. The minimum Gasteiger partial charge on any atom is -0.444 e. The fourth-order valence-corrected chi connectivity index (χ4v) is 6.05. The van der Waals surface area contributed by atoms with Gasteiger partial charge >= 0.3 is 6.09 Å². The number of morpholine rings is 1. The molecular formula is C28H36N6O4. The summed E-state index contributed by atoms with van der Waals surface area (Å²) in [5, 5.41) is 16.8. The Morgan fingerprint density at radius 3 is 2.61 bits per heavy atom. The molecule has 0 radical (unpaired) electrons. The van der Waals surface area contributed by atoms with Crippen LogP contribution >= 0.6 is 0 Å². The lowest BCUT2D eigenvalue weighted by atomic mass is 9.84. The van der Waals surface area contributed by atoms with Crippen LogP contribution in [0.3, 0.4) is 0 Å². The molecular weight excluding hydrogens is 484 g/mol. The first kappa shape index (κ1) is 25.1. The number of β-amino-alcohol motifs (C(OH)–C–C–N with tert-alkyl or cyclic N) is 1. The summed E-state index contributed by atoms with van der Waals surface area (Å²) in [6.45, 7) is 11.9. The number of piperidine rings is 1. The number of aliphatic hydroxyl groups is 1. The maximum absolute atomic E-state index is 12.6. The van der Waals surface area contributed by atoms with Crippen LogP contribution in [0.5, 0.6) is 0 Å². The van der Waals surface area contributed by atoms with E-state index < -0.39 is 11.7 Å². The number of anilines is 1. The fourth-order valence-electron chi connectivity index (χ4n) is 6.05. The predicted octanol–water partition coefficient (Wildman–Crippen LogP) is 3.50. The molecule has 4 atom stereocenters. The normalized spacial score (nSPS) is 25.4. The van der Waals surface area contributed by atoms with Crippen LogP contribution in [-0.2, 0) is 9.47 Å². The van der Waals surface area contributed by atoms with Crippen LogP contribution in [0.1, 0.15) is 56.5 Å². The van der Waals surface area contributed by atoms with E-state index >= 15 is 0 Å². The summed E-state index contributed by atoms with van der Waals surface area (Å²) in [5.74, 6) is 2.23. The number of nitrogens with zero attached hydrogens (tertiary/aromatic N) is 6. The van der Waals surface area contributed by atoms with Crippen molar-refractivity contribution >= 4 is 22.8 Å². The molecule has 0 aliphatic carbocycles. The van der Waals surface area contributed by atoms with E-state index in [0.717, 1.165) is 53.2 Å². The van der Waals surface area contributed by atoms with Crippen molar-refractivity contribution in [2.75, 3.05) is 31.1 Å². The molecule has 3 fully saturated rings. The van der Waals surface area contributed by atoms with Gasteiger partial charge < -0.3 is 24.4 Å². The van der Waals surface area contributed by atoms with E-state index in [-0.39, 0.29) is 24.7 Å². The molecule has 6 rings (SSSR count). The van der Waals surface area contributed by atoms with Crippen LogP contribution in [0, 0.1) is 13.8 Å². The zero-order chi connectivity index (χ0) is 26.8. The molecule has 3 aromatic rings. The van der Waals surface area contributed by atoms with Gasteiger partial charge in [0.05, 0.1) is 43.1 Å². The third kappa shape index (κ3) is 4.60. The van der Waals surface area contributed by atoms with Gasteiger partial charge in [-0.15, -0.1) is 0 Å². The Kier molecular flexibility index (Phi) is 6.07. The molecule has 38 heavy (non-hydrogen) atoms. The number of carbonyl (C=O) groups excluding carboxylic acids is 1. The zero-order valence-electron chi connectivity index (χ0n) is 22.7. The van der Waals surface area contributed by atoms with E-state index in [1.807, 2.05) is 44.6 Å². The molecule has 3 aliphatic heterocycles. The lowest BCUT2D eigenvalue weighted by molar-refractivity contribution is -0.00155. The summed E-state index contributed by atoms with van der Waals surface area (Å²) in [6, 6.07) is 6.61. The van der Waals surface area contributed by atoms with Gasteiger partial charge in [-0.1, -0.05) is 0 Å². The Bertz CT molecular complexity index is 1380. The smallest absolute Gasteiger partial charge is 0.410 e. The monoisotopic (exact) mass is 520 g/mol. The minimum absolute atomic E-state index is 0.0933. The molecule has 3 aliphatic rings. The summed E-state index contributed by atoms with van der Waals surface area (Å²) in [4.78, 5) is 25.9. The topological polar surface area (TPSA) is 106 Å². The van der Waals surface area contributed by atoms with E-state index in [1.165, 1.54) is 0 Å². The van der Waals surface area contributed by atoms with Gasteiger partial charge in [0.1, 0.15) is 17.2 Å². The van der Waals surface area contributed by atoms with E-state index in [2.05, 4.69) is 29.1 Å². The summed E-state index contributed by atoms with van der Waals surface area (Å²) in [6.07, 6.45) is 2.76. The van der Waals surface area contributed by atoms with Crippen LogP contribution in [0.15, 0.2) is 24.4 Å². The average Bonchev–Trinajstić information content (AvgIpc) is 3.58. The van der Waals surface area contributed by atoms with Crippen LogP contribution in [0.25, 0.3) is 16.7 Å². The second-order valence-electron chi connectivity index (χ2n) is 11.8. The van der Waals surface area contributed by atoms with Gasteiger partial charge in [-0.05, 0) is 70.7 Å². The number of aromatic nitrogens is 4. The number of benzene rings is 1. The number of carbonyl (C=O) groups is 1. The van der Waals surface area contributed by atoms with Crippen molar-refractivity contribution in [2.45, 2.75) is 77.2 Å². The Balaban J connectivity index is 1.29. The van der Waals surface area contributed by atoms with E-state index in [0.29, 0.717) is 24.8 Å². The quantitative estimate of drug-likeness (QED) is 0.560. The number of aliphatic hydroxyl groups excluding tert-OH is 1. The van der Waals surface area contributed by atoms with E-state index in [9.17, 15) is 9.90 Å². The number of aryl methyl sites for hydroxylation is 2. The van der Waals surface area contributed by atoms with Crippen molar-refractivity contribution in [2.24, 2.45) is 0 Å². The molecule has 1 aromatic carbocycles. The molecule has 202 valence electrons. The number of hydrogen-bond acceptors (Lipinski definition) is 8. The lowest BCUT2D eigenvalue weighted by Crippen LogP contribution is -2.47. The molecule has 1 N–H and O–H groups in total. The first-order valence-electron chi connectivity index (χ1n) is 13.4. The highest BCUT2D eigenvalue weighted by Crippen LogP contribution is 2.35. The Hall–Kier alpha value is -3.24. The highest BCUT2D eigenvalue weighted by atomic mass is 16.6. The molecule has 2 bridgehead atoms. The van der Waals surface area contributed by atoms with Gasteiger partial charge in [0.25, 0.3) is 0 Å². The first-order chi connectivity index (χ1) is 18.1. The molecule has 0 saturated carbocycles. The molecule has 10 heteroatoms. The highest BCUT2D eigenvalue weighted by Gasteiger charge is 2.40. The third-order valence-electron chi connectivity index (χ3n) is 7.81. The molecule has 1 amide bonds. The van der Waals surface area contributed by atoms with Crippen molar-refractivity contribution in [1.29, 1.82) is 0 Å². The lowest BCUT2D eigenvalue weighted by Gasteiger charge is -2.37.